The van der Waals surface area contributed by atoms with Gasteiger partial charge < -0.3 is 15.5 Å². The topological polar surface area (TPSA) is 64.7 Å². The summed E-state index contributed by atoms with van der Waals surface area (Å²) in [6.07, 6.45) is 5.15. The second-order valence-corrected chi connectivity index (χ2v) is 6.90. The largest absolute Gasteiger partial charge is 0.352 e. The van der Waals surface area contributed by atoms with Crippen LogP contribution in [0.1, 0.15) is 32.1 Å². The molecule has 6 nitrogen and oxygen atoms in total. The van der Waals surface area contributed by atoms with Crippen LogP contribution in [0.2, 0.25) is 0 Å². The molecular weight excluding hydrogens is 351 g/mol. The number of nitrogens with one attached hydrogen (secondary N) is 2. The Bertz CT molecular complexity index is 407. The summed E-state index contributed by atoms with van der Waals surface area (Å²) in [4.78, 5) is 28.2. The summed E-state index contributed by atoms with van der Waals surface area (Å²) in [5, 5.41) is 6.37. The molecular formula is C16H30Cl2N4O2. The smallest absolute Gasteiger partial charge is 0.234 e. The molecule has 1 atom stereocenters. The molecule has 2 aliphatic heterocycles. The van der Waals surface area contributed by atoms with E-state index in [0.29, 0.717) is 24.9 Å². The highest BCUT2D eigenvalue weighted by atomic mass is 35.5. The van der Waals surface area contributed by atoms with Crippen LogP contribution in [0.25, 0.3) is 0 Å². The van der Waals surface area contributed by atoms with E-state index < -0.39 is 0 Å². The highest BCUT2D eigenvalue weighted by Crippen LogP contribution is 2.18. The van der Waals surface area contributed by atoms with Crippen LogP contribution in [0.4, 0.5) is 0 Å². The third-order valence-corrected chi connectivity index (χ3v) is 4.96. The first-order valence-corrected chi connectivity index (χ1v) is 8.71. The van der Waals surface area contributed by atoms with E-state index in [1.807, 2.05) is 4.90 Å². The van der Waals surface area contributed by atoms with Crippen LogP contribution < -0.4 is 10.6 Å². The number of carbonyl (C=O) groups is 2. The third-order valence-electron chi connectivity index (χ3n) is 4.96. The van der Waals surface area contributed by atoms with Crippen molar-refractivity contribution in [1.82, 2.24) is 20.4 Å². The number of nitrogens with zero attached hydrogens (tertiary/aromatic N) is 2. The van der Waals surface area contributed by atoms with Crippen molar-refractivity contribution in [2.45, 2.75) is 38.1 Å². The highest BCUT2D eigenvalue weighted by Gasteiger charge is 2.26. The van der Waals surface area contributed by atoms with Gasteiger partial charge in [-0.1, -0.05) is 0 Å². The average Bonchev–Trinajstić information content (AvgIpc) is 3.16. The van der Waals surface area contributed by atoms with Gasteiger partial charge >= 0.3 is 0 Å². The van der Waals surface area contributed by atoms with Gasteiger partial charge in [0.05, 0.1) is 6.54 Å². The number of hydrogen-bond acceptors (Lipinski definition) is 4. The van der Waals surface area contributed by atoms with Gasteiger partial charge in [-0.05, 0) is 44.7 Å². The van der Waals surface area contributed by atoms with Gasteiger partial charge in [-0.2, -0.15) is 0 Å². The summed E-state index contributed by atoms with van der Waals surface area (Å²) in [7, 11) is 0. The molecule has 0 spiro atoms. The first-order valence-electron chi connectivity index (χ1n) is 8.71. The lowest BCUT2D eigenvalue weighted by atomic mass is 10.0. The zero-order chi connectivity index (χ0) is 15.4. The van der Waals surface area contributed by atoms with Crippen LogP contribution in [-0.2, 0) is 9.59 Å². The molecule has 8 heteroatoms. The van der Waals surface area contributed by atoms with Crippen LogP contribution in [0, 0.1) is 5.92 Å². The van der Waals surface area contributed by atoms with Crippen molar-refractivity contribution < 1.29 is 9.59 Å². The summed E-state index contributed by atoms with van der Waals surface area (Å²) in [6, 6.07) is 0.431. The predicted molar refractivity (Wildman–Crippen MR) is 98.9 cm³/mol. The number of rotatable bonds is 6. The Labute approximate surface area is 156 Å². The first-order chi connectivity index (χ1) is 10.7. The minimum atomic E-state index is 0. The van der Waals surface area contributed by atoms with Crippen LogP contribution >= 0.6 is 24.8 Å². The second kappa shape index (κ2) is 10.4. The van der Waals surface area contributed by atoms with E-state index in [0.717, 1.165) is 58.5 Å². The number of halogens is 2. The Morgan fingerprint density at radius 1 is 1.04 bits per heavy atom. The van der Waals surface area contributed by atoms with Gasteiger partial charge in [0.2, 0.25) is 11.8 Å². The van der Waals surface area contributed by atoms with Crippen LogP contribution in [0.15, 0.2) is 0 Å². The lowest BCUT2D eigenvalue weighted by Gasteiger charge is -2.34. The summed E-state index contributed by atoms with van der Waals surface area (Å²) in [5.41, 5.74) is 0. The van der Waals surface area contributed by atoms with Gasteiger partial charge in [0.1, 0.15) is 0 Å². The number of carbonyl (C=O) groups excluding carboxylic acids is 2. The molecule has 3 fully saturated rings. The first kappa shape index (κ1) is 21.5. The van der Waals surface area contributed by atoms with Crippen molar-refractivity contribution in [2.24, 2.45) is 5.92 Å². The molecule has 3 rings (SSSR count). The van der Waals surface area contributed by atoms with E-state index >= 15 is 0 Å². The lowest BCUT2D eigenvalue weighted by Crippen LogP contribution is -2.51. The second-order valence-electron chi connectivity index (χ2n) is 6.90. The molecule has 1 saturated carbocycles. The van der Waals surface area contributed by atoms with Gasteiger partial charge in [-0.3, -0.25) is 14.5 Å². The van der Waals surface area contributed by atoms with E-state index in [1.165, 1.54) is 6.42 Å². The van der Waals surface area contributed by atoms with Crippen LogP contribution in [-0.4, -0.2) is 73.5 Å². The van der Waals surface area contributed by atoms with Gasteiger partial charge in [-0.15, -0.1) is 24.8 Å². The molecule has 24 heavy (non-hydrogen) atoms. The van der Waals surface area contributed by atoms with Gasteiger partial charge in [0, 0.05) is 38.6 Å². The number of amides is 2. The Kier molecular flexibility index (Phi) is 9.34. The van der Waals surface area contributed by atoms with Crippen molar-refractivity contribution in [1.29, 1.82) is 0 Å². The molecule has 2 heterocycles. The molecule has 1 unspecified atom stereocenters. The minimum Gasteiger partial charge on any atom is -0.352 e. The van der Waals surface area contributed by atoms with Crippen LogP contribution in [0.3, 0.4) is 0 Å². The van der Waals surface area contributed by atoms with Crippen molar-refractivity contribution in [3.63, 3.8) is 0 Å². The maximum Gasteiger partial charge on any atom is 0.234 e. The van der Waals surface area contributed by atoms with Crippen molar-refractivity contribution in [3.8, 4) is 0 Å². The van der Waals surface area contributed by atoms with Crippen molar-refractivity contribution >= 4 is 36.6 Å². The van der Waals surface area contributed by atoms with Crippen molar-refractivity contribution in [3.05, 3.63) is 0 Å². The van der Waals surface area contributed by atoms with E-state index in [4.69, 9.17) is 0 Å². The maximum atomic E-state index is 12.2. The van der Waals surface area contributed by atoms with E-state index in [2.05, 4.69) is 15.5 Å². The molecule has 0 aromatic rings. The van der Waals surface area contributed by atoms with E-state index in [9.17, 15) is 9.59 Å². The fourth-order valence-electron chi connectivity index (χ4n) is 3.31. The standard InChI is InChI=1S/C16H28N4O2.2ClH/c21-15(18-14-2-3-14)12-19-7-9-20(10-8-19)16(22)4-1-13-5-6-17-11-13;;/h13-14,17H,1-12H2,(H,18,21);2*1H. The molecule has 3 aliphatic rings. The van der Waals surface area contributed by atoms with Gasteiger partial charge in [-0.25, -0.2) is 0 Å². The van der Waals surface area contributed by atoms with Crippen molar-refractivity contribution in [2.75, 3.05) is 45.8 Å². The molecule has 0 radical (unpaired) electrons. The monoisotopic (exact) mass is 380 g/mol. The summed E-state index contributed by atoms with van der Waals surface area (Å²) in [6.45, 7) is 5.80. The molecule has 2 saturated heterocycles. The Hall–Kier alpha value is -0.560. The minimum absolute atomic E-state index is 0. The summed E-state index contributed by atoms with van der Waals surface area (Å²) in [5.74, 6) is 1.10. The van der Waals surface area contributed by atoms with Crippen LogP contribution in [0.5, 0.6) is 0 Å². The Balaban J connectivity index is 0.00000144. The molecule has 2 N–H and O–H groups in total. The number of hydrogen-bond donors (Lipinski definition) is 2. The SMILES string of the molecule is Cl.Cl.O=C(CN1CCN(C(=O)CCC2CCNC2)CC1)NC1CC1. The van der Waals surface area contributed by atoms with E-state index in [1.54, 1.807) is 0 Å². The fourth-order valence-corrected chi connectivity index (χ4v) is 3.31. The Morgan fingerprint density at radius 2 is 1.75 bits per heavy atom. The molecule has 0 bridgehead atoms. The quantitative estimate of drug-likeness (QED) is 0.709. The molecule has 140 valence electrons. The predicted octanol–water partition coefficient (Wildman–Crippen LogP) is 0.643. The summed E-state index contributed by atoms with van der Waals surface area (Å²) < 4.78 is 0. The molecule has 0 aromatic carbocycles. The highest BCUT2D eigenvalue weighted by molar-refractivity contribution is 5.85. The zero-order valence-corrected chi connectivity index (χ0v) is 15.8. The average molecular weight is 381 g/mol. The van der Waals surface area contributed by atoms with E-state index in [-0.39, 0.29) is 36.6 Å². The molecule has 1 aliphatic carbocycles. The lowest BCUT2D eigenvalue weighted by molar-refractivity contribution is -0.133. The fraction of sp³-hybridized carbons (Fsp3) is 0.875. The summed E-state index contributed by atoms with van der Waals surface area (Å²) >= 11 is 0. The Morgan fingerprint density at radius 3 is 2.33 bits per heavy atom. The third kappa shape index (κ3) is 6.75. The molecule has 2 amide bonds. The maximum absolute atomic E-state index is 12.2. The zero-order valence-electron chi connectivity index (χ0n) is 14.2. The van der Waals surface area contributed by atoms with Gasteiger partial charge in [0.25, 0.3) is 0 Å². The molecule has 0 aromatic heterocycles. The van der Waals surface area contributed by atoms with Gasteiger partial charge in [0.15, 0.2) is 0 Å². The normalized spacial score (nSPS) is 24.0. The number of piperazine rings is 1.